The van der Waals surface area contributed by atoms with E-state index in [1.54, 1.807) is 50.3 Å². The summed E-state index contributed by atoms with van der Waals surface area (Å²) >= 11 is 0. The van der Waals surface area contributed by atoms with Crippen LogP contribution in [0.2, 0.25) is 0 Å². The summed E-state index contributed by atoms with van der Waals surface area (Å²) in [7, 11) is 8.66. The molecule has 0 bridgehead atoms. The Hall–Kier alpha value is -6.22. The third-order valence-electron chi connectivity index (χ3n) is 12.0. The van der Waals surface area contributed by atoms with Gasteiger partial charge in [-0.2, -0.15) is 0 Å². The predicted octanol–water partition coefficient (Wildman–Crippen LogP) is 5.03. The summed E-state index contributed by atoms with van der Waals surface area (Å²) in [6.45, 7) is 5.52. The Balaban J connectivity index is 1.28. The molecule has 6 rings (SSSR count). The Labute approximate surface area is 384 Å². The second kappa shape index (κ2) is 23.3. The fourth-order valence-corrected chi connectivity index (χ4v) is 8.26. The van der Waals surface area contributed by atoms with Gasteiger partial charge in [-0.15, -0.1) is 0 Å². The summed E-state index contributed by atoms with van der Waals surface area (Å²) in [5.74, 6) is 1.59. The number of carbonyl (C=O) groups is 4. The van der Waals surface area contributed by atoms with E-state index in [0.29, 0.717) is 73.6 Å². The number of ether oxygens (including phenoxy) is 8. The van der Waals surface area contributed by atoms with Gasteiger partial charge in [-0.05, 0) is 62.8 Å². The summed E-state index contributed by atoms with van der Waals surface area (Å²) < 4.78 is 44.1. The summed E-state index contributed by atoms with van der Waals surface area (Å²) in [4.78, 5) is 71.8. The molecule has 4 heterocycles. The number of methoxy groups -OCH3 is 6. The first-order valence-electron chi connectivity index (χ1n) is 21.9. The number of imidazole rings is 2. The Kier molecular flexibility index (Phi) is 17.4. The van der Waals surface area contributed by atoms with Crippen LogP contribution >= 0.6 is 0 Å². The smallest absolute Gasteiger partial charge is 0.407 e. The molecular weight excluding hydrogens is 857 g/mol. The van der Waals surface area contributed by atoms with Gasteiger partial charge in [0.2, 0.25) is 11.8 Å². The van der Waals surface area contributed by atoms with Crippen molar-refractivity contribution in [2.45, 2.75) is 75.9 Å². The molecule has 2 aliphatic heterocycles. The molecule has 2 aromatic carbocycles. The molecule has 0 saturated carbocycles. The summed E-state index contributed by atoms with van der Waals surface area (Å²) in [5.41, 5.74) is 4.58. The lowest BCUT2D eigenvalue weighted by molar-refractivity contribution is -0.138. The maximum atomic E-state index is 13.9. The quantitative estimate of drug-likeness (QED) is 0.0804. The lowest BCUT2D eigenvalue weighted by atomic mass is 9.98. The number of amides is 4. The van der Waals surface area contributed by atoms with Crippen LogP contribution in [-0.4, -0.2) is 160 Å². The molecule has 66 heavy (non-hydrogen) atoms. The van der Waals surface area contributed by atoms with Crippen LogP contribution in [0.5, 0.6) is 11.5 Å². The number of nitrogens with zero attached hydrogens (tertiary/aromatic N) is 4. The third-order valence-corrected chi connectivity index (χ3v) is 12.0. The van der Waals surface area contributed by atoms with Crippen LogP contribution in [-0.2, 0) is 38.0 Å². The molecule has 2 fully saturated rings. The highest BCUT2D eigenvalue weighted by atomic mass is 16.6. The lowest BCUT2D eigenvalue weighted by Crippen LogP contribution is -2.54. The zero-order valence-electron chi connectivity index (χ0n) is 38.8. The molecule has 2 aliphatic rings. The van der Waals surface area contributed by atoms with Crippen molar-refractivity contribution in [3.8, 4) is 45.1 Å². The van der Waals surface area contributed by atoms with Crippen LogP contribution in [0.1, 0.15) is 63.3 Å². The molecule has 4 N–H and O–H groups in total. The fourth-order valence-electron chi connectivity index (χ4n) is 8.26. The van der Waals surface area contributed by atoms with E-state index in [1.807, 2.05) is 36.4 Å². The van der Waals surface area contributed by atoms with Crippen molar-refractivity contribution in [2.75, 3.05) is 82.2 Å². The largest absolute Gasteiger partial charge is 0.487 e. The van der Waals surface area contributed by atoms with Crippen LogP contribution < -0.4 is 20.1 Å². The highest BCUT2D eigenvalue weighted by Crippen LogP contribution is 2.46. The minimum atomic E-state index is -0.966. The molecule has 358 valence electrons. The molecule has 20 nitrogen and oxygen atoms in total. The van der Waals surface area contributed by atoms with Crippen molar-refractivity contribution in [3.63, 3.8) is 0 Å². The number of carbonyl (C=O) groups excluding carboxylic acids is 4. The van der Waals surface area contributed by atoms with Crippen molar-refractivity contribution >= 4 is 24.0 Å². The van der Waals surface area contributed by atoms with Crippen LogP contribution in [0.3, 0.4) is 0 Å². The number of benzene rings is 2. The molecule has 4 amide bonds. The average molecular weight is 919 g/mol. The summed E-state index contributed by atoms with van der Waals surface area (Å²) in [5, 5.41) is 5.25. The zero-order chi connectivity index (χ0) is 47.3. The number of likely N-dealkylation sites (tertiary alicyclic amines) is 2. The molecule has 2 aromatic heterocycles. The van der Waals surface area contributed by atoms with Crippen molar-refractivity contribution < 1.29 is 57.1 Å². The van der Waals surface area contributed by atoms with Crippen LogP contribution in [0.15, 0.2) is 48.8 Å². The van der Waals surface area contributed by atoms with E-state index in [1.165, 1.54) is 28.4 Å². The monoisotopic (exact) mass is 918 g/mol. The molecule has 6 atom stereocenters. The van der Waals surface area contributed by atoms with E-state index in [2.05, 4.69) is 20.6 Å². The second-order valence-corrected chi connectivity index (χ2v) is 15.9. The summed E-state index contributed by atoms with van der Waals surface area (Å²) in [6, 6.07) is 9.22. The van der Waals surface area contributed by atoms with E-state index in [4.69, 9.17) is 47.9 Å². The topological polar surface area (TPSA) is 230 Å². The van der Waals surface area contributed by atoms with Gasteiger partial charge in [-0.1, -0.05) is 24.3 Å². The zero-order valence-corrected chi connectivity index (χ0v) is 38.8. The number of rotatable bonds is 21. The van der Waals surface area contributed by atoms with Crippen molar-refractivity contribution in [1.82, 2.24) is 40.4 Å². The van der Waals surface area contributed by atoms with Gasteiger partial charge in [0.1, 0.15) is 36.9 Å². The standard InChI is InChI=1S/C46H62N8O12/c1-27(61-5)37(51-45(57)63-7)43(55)53-19-9-11-35(53)41-47-25-33(49-41)30-15-13-29(14-16-30)31-17-18-32(40(66-24-22-60-4)39(31)65-23-21-59-3)34-26-48-42(50-34)36-12-10-20-54(36)44(56)38(28(2)62-6)52-46(58)64-8/h13-18,25-28,35-38H,9-12,19-24H2,1-8H3,(H,47,49)(H,48,50)(H,51,57)(H,52,58)/t27-,28-,35+,36+,37+,38+/m1/s1. The van der Waals surface area contributed by atoms with E-state index >= 15 is 0 Å². The normalized spacial score (nSPS) is 17.8. The summed E-state index contributed by atoms with van der Waals surface area (Å²) in [6.07, 6.45) is 3.68. The number of alkyl carbamates (subject to hydrolysis) is 2. The number of nitrogens with one attached hydrogen (secondary N) is 4. The molecule has 0 aliphatic carbocycles. The Morgan fingerprint density at radius 3 is 1.53 bits per heavy atom. The van der Waals surface area contributed by atoms with Gasteiger partial charge in [0.05, 0.1) is 75.5 Å². The van der Waals surface area contributed by atoms with Crippen LogP contribution in [0.25, 0.3) is 33.6 Å². The number of aromatic amines is 2. The van der Waals surface area contributed by atoms with E-state index in [9.17, 15) is 19.2 Å². The number of hydrogen-bond acceptors (Lipinski definition) is 14. The Bertz CT molecular complexity index is 2250. The average Bonchev–Trinajstić information content (AvgIpc) is 4.19. The van der Waals surface area contributed by atoms with E-state index < -0.39 is 36.5 Å². The molecule has 20 heteroatoms. The number of H-pyrrole nitrogens is 2. The fraction of sp³-hybridized carbons (Fsp3) is 0.522. The molecule has 0 radical (unpaired) electrons. The molecule has 4 aromatic rings. The predicted molar refractivity (Wildman–Crippen MR) is 241 cm³/mol. The molecule has 0 spiro atoms. The van der Waals surface area contributed by atoms with Gasteiger partial charge in [-0.3, -0.25) is 9.59 Å². The highest BCUT2D eigenvalue weighted by molar-refractivity contribution is 5.88. The number of aromatic nitrogens is 4. The van der Waals surface area contributed by atoms with Crippen LogP contribution in [0, 0.1) is 0 Å². The molecule has 0 unspecified atom stereocenters. The van der Waals surface area contributed by atoms with Crippen molar-refractivity contribution in [3.05, 3.63) is 60.4 Å². The Morgan fingerprint density at radius 1 is 0.621 bits per heavy atom. The first-order valence-corrected chi connectivity index (χ1v) is 21.9. The van der Waals surface area contributed by atoms with E-state index in [0.717, 1.165) is 35.2 Å². The maximum absolute atomic E-state index is 13.9. The van der Waals surface area contributed by atoms with Gasteiger partial charge in [0, 0.05) is 52.7 Å². The van der Waals surface area contributed by atoms with Crippen molar-refractivity contribution in [2.24, 2.45) is 0 Å². The van der Waals surface area contributed by atoms with Gasteiger partial charge in [-0.25, -0.2) is 19.6 Å². The minimum absolute atomic E-state index is 0.227. The lowest BCUT2D eigenvalue weighted by Gasteiger charge is -2.30. The van der Waals surface area contributed by atoms with Gasteiger partial charge in [0.15, 0.2) is 11.5 Å². The van der Waals surface area contributed by atoms with Gasteiger partial charge in [0.25, 0.3) is 0 Å². The van der Waals surface area contributed by atoms with Gasteiger partial charge < -0.3 is 68.3 Å². The molecule has 2 saturated heterocycles. The first-order chi connectivity index (χ1) is 32.0. The second-order valence-electron chi connectivity index (χ2n) is 15.9. The maximum Gasteiger partial charge on any atom is 0.407 e. The van der Waals surface area contributed by atoms with Crippen molar-refractivity contribution in [1.29, 1.82) is 0 Å². The van der Waals surface area contributed by atoms with E-state index in [-0.39, 0.29) is 37.1 Å². The Morgan fingerprint density at radius 2 is 1.06 bits per heavy atom. The highest BCUT2D eigenvalue weighted by Gasteiger charge is 2.40. The number of hydrogen-bond donors (Lipinski definition) is 4. The minimum Gasteiger partial charge on any atom is -0.487 e. The SMILES string of the molecule is COCCOc1c(-c2ccc(-c3cnc([C@@H]4CCCN4C(=O)[C@@H](NC(=O)OC)[C@@H](C)OC)[nH]3)cc2)ccc(-c2cnc([C@@H]3CCCN3C(=O)[C@@H](NC(=O)OC)[C@@H](C)OC)[nH]2)c1OCCOC. The van der Waals surface area contributed by atoms with Crippen LogP contribution in [0.4, 0.5) is 9.59 Å². The van der Waals surface area contributed by atoms with Gasteiger partial charge >= 0.3 is 12.2 Å². The third kappa shape index (κ3) is 11.2. The molecular formula is C46H62N8O12. The first kappa shape index (κ1) is 49.2.